The van der Waals surface area contributed by atoms with Crippen LogP contribution in [0.4, 0.5) is 0 Å². The number of likely N-dealkylation sites (tertiary alicyclic amines) is 1. The number of nitrogens with zero attached hydrogens (tertiary/aromatic N) is 2. The molecule has 1 saturated heterocycles. The van der Waals surface area contributed by atoms with Gasteiger partial charge in [-0.3, -0.25) is 9.20 Å². The van der Waals surface area contributed by atoms with Crippen LogP contribution in [0.2, 0.25) is 0 Å². The Morgan fingerprint density at radius 1 is 1.30 bits per heavy atom. The third kappa shape index (κ3) is 9.36. The van der Waals surface area contributed by atoms with Gasteiger partial charge in [0.05, 0.1) is 10.8 Å². The van der Waals surface area contributed by atoms with Crippen molar-refractivity contribution in [2.45, 2.75) is 30.2 Å². The smallest absolute Gasteiger partial charge is 0.191 e. The highest BCUT2D eigenvalue weighted by atomic mass is 127. The molecule has 0 bridgehead atoms. The van der Waals surface area contributed by atoms with Gasteiger partial charge in [0.25, 0.3) is 0 Å². The van der Waals surface area contributed by atoms with E-state index in [1.54, 1.807) is 14.2 Å². The van der Waals surface area contributed by atoms with Gasteiger partial charge in [0.2, 0.25) is 0 Å². The highest BCUT2D eigenvalue weighted by Gasteiger charge is 2.19. The van der Waals surface area contributed by atoms with Crippen LogP contribution in [0.25, 0.3) is 0 Å². The highest BCUT2D eigenvalue weighted by Crippen LogP contribution is 2.10. The lowest BCUT2D eigenvalue weighted by Gasteiger charge is -2.33. The number of halogens is 1. The first-order valence-corrected chi connectivity index (χ1v) is 10.7. The van der Waals surface area contributed by atoms with E-state index in [1.165, 1.54) is 0 Å². The minimum atomic E-state index is -0.980. The lowest BCUT2D eigenvalue weighted by Crippen LogP contribution is -2.49. The Bertz CT molecular complexity index is 566. The summed E-state index contributed by atoms with van der Waals surface area (Å²) in [6, 6.07) is 10.0. The monoisotopic (exact) mass is 508 g/mol. The van der Waals surface area contributed by atoms with Gasteiger partial charge in [-0.25, -0.2) is 0 Å². The van der Waals surface area contributed by atoms with Crippen LogP contribution < -0.4 is 10.6 Å². The maximum atomic E-state index is 12.2. The molecule has 1 atom stereocenters. The third-order valence-corrected chi connectivity index (χ3v) is 5.93. The van der Waals surface area contributed by atoms with Gasteiger partial charge in [-0.05, 0) is 31.4 Å². The molecule has 0 aliphatic carbocycles. The summed E-state index contributed by atoms with van der Waals surface area (Å²) in [4.78, 5) is 7.67. The number of ether oxygens (including phenoxy) is 1. The molecule has 1 aromatic carbocycles. The van der Waals surface area contributed by atoms with Crippen LogP contribution in [0.5, 0.6) is 0 Å². The Kier molecular flexibility index (Phi) is 12.9. The van der Waals surface area contributed by atoms with Gasteiger partial charge < -0.3 is 20.3 Å². The molecule has 1 heterocycles. The number of rotatable bonds is 9. The number of methoxy groups -OCH3 is 1. The number of nitrogens with one attached hydrogen (secondary N) is 2. The first-order chi connectivity index (χ1) is 12.7. The average molecular weight is 508 g/mol. The quantitative estimate of drug-likeness (QED) is 0.232. The van der Waals surface area contributed by atoms with E-state index in [1.807, 2.05) is 30.3 Å². The second kappa shape index (κ2) is 14.3. The van der Waals surface area contributed by atoms with Gasteiger partial charge in [0, 0.05) is 63.6 Å². The SMILES string of the molecule is CN=C(NCCS(=O)c1ccccc1)NC1CCN(CCCOC)CC1.I. The molecule has 1 unspecified atom stereocenters. The lowest BCUT2D eigenvalue weighted by molar-refractivity contribution is 0.155. The predicted octanol–water partition coefficient (Wildman–Crippen LogP) is 2.08. The minimum Gasteiger partial charge on any atom is -0.385 e. The zero-order chi connectivity index (χ0) is 18.6. The van der Waals surface area contributed by atoms with Crippen molar-refractivity contribution in [1.82, 2.24) is 15.5 Å². The van der Waals surface area contributed by atoms with E-state index < -0.39 is 10.8 Å². The van der Waals surface area contributed by atoms with Crippen molar-refractivity contribution in [2.75, 3.05) is 52.7 Å². The Morgan fingerprint density at radius 3 is 2.63 bits per heavy atom. The number of aliphatic imine (C=N–C) groups is 1. The summed E-state index contributed by atoms with van der Waals surface area (Å²) >= 11 is 0. The van der Waals surface area contributed by atoms with Crippen molar-refractivity contribution >= 4 is 40.7 Å². The van der Waals surface area contributed by atoms with Crippen LogP contribution in [-0.4, -0.2) is 73.8 Å². The molecular formula is C19H33IN4O2S. The number of piperidine rings is 1. The fourth-order valence-corrected chi connectivity index (χ4v) is 4.06. The normalized spacial score (nSPS) is 17.2. The highest BCUT2D eigenvalue weighted by molar-refractivity contribution is 14.0. The van der Waals surface area contributed by atoms with Crippen LogP contribution in [0.3, 0.4) is 0 Å². The van der Waals surface area contributed by atoms with Gasteiger partial charge in [0.1, 0.15) is 0 Å². The van der Waals surface area contributed by atoms with E-state index in [9.17, 15) is 4.21 Å². The molecule has 8 heteroatoms. The molecule has 0 aromatic heterocycles. The van der Waals surface area contributed by atoms with Gasteiger partial charge in [-0.1, -0.05) is 18.2 Å². The number of guanidine groups is 1. The average Bonchev–Trinajstić information content (AvgIpc) is 2.69. The molecule has 1 aliphatic rings. The zero-order valence-electron chi connectivity index (χ0n) is 16.4. The van der Waals surface area contributed by atoms with Crippen molar-refractivity contribution in [3.05, 3.63) is 30.3 Å². The first kappa shape index (κ1) is 24.3. The maximum absolute atomic E-state index is 12.2. The van der Waals surface area contributed by atoms with E-state index in [4.69, 9.17) is 4.74 Å². The molecule has 0 amide bonds. The number of hydrogen-bond donors (Lipinski definition) is 2. The summed E-state index contributed by atoms with van der Waals surface area (Å²) in [5.74, 6) is 1.37. The van der Waals surface area contributed by atoms with E-state index in [-0.39, 0.29) is 24.0 Å². The molecule has 1 aromatic rings. The van der Waals surface area contributed by atoms with Crippen molar-refractivity contribution in [3.8, 4) is 0 Å². The maximum Gasteiger partial charge on any atom is 0.191 e. The van der Waals surface area contributed by atoms with Gasteiger partial charge in [-0.15, -0.1) is 24.0 Å². The van der Waals surface area contributed by atoms with Crippen LogP contribution in [0.15, 0.2) is 40.2 Å². The Morgan fingerprint density at radius 2 is 2.00 bits per heavy atom. The second-order valence-electron chi connectivity index (χ2n) is 6.47. The molecule has 0 spiro atoms. The molecule has 2 N–H and O–H groups in total. The summed E-state index contributed by atoms with van der Waals surface area (Å²) in [7, 11) is 2.56. The predicted molar refractivity (Wildman–Crippen MR) is 124 cm³/mol. The molecule has 27 heavy (non-hydrogen) atoms. The summed E-state index contributed by atoms with van der Waals surface area (Å²) in [6.07, 6.45) is 3.32. The van der Waals surface area contributed by atoms with Crippen LogP contribution in [0, 0.1) is 0 Å². The van der Waals surface area contributed by atoms with Crippen molar-refractivity contribution in [2.24, 2.45) is 4.99 Å². The fourth-order valence-electron chi connectivity index (χ4n) is 3.07. The topological polar surface area (TPSA) is 66.0 Å². The zero-order valence-corrected chi connectivity index (χ0v) is 19.5. The summed E-state index contributed by atoms with van der Waals surface area (Å²) < 4.78 is 17.4. The van der Waals surface area contributed by atoms with E-state index >= 15 is 0 Å². The van der Waals surface area contributed by atoms with Crippen LogP contribution in [0.1, 0.15) is 19.3 Å². The van der Waals surface area contributed by atoms with E-state index in [0.717, 1.165) is 56.4 Å². The fraction of sp³-hybridized carbons (Fsp3) is 0.632. The van der Waals surface area contributed by atoms with Crippen molar-refractivity contribution in [1.29, 1.82) is 0 Å². The van der Waals surface area contributed by atoms with E-state index in [2.05, 4.69) is 20.5 Å². The molecule has 2 rings (SSSR count). The molecule has 0 saturated carbocycles. The largest absolute Gasteiger partial charge is 0.385 e. The molecule has 154 valence electrons. The third-order valence-electron chi connectivity index (χ3n) is 4.56. The first-order valence-electron chi connectivity index (χ1n) is 9.35. The Balaban J connectivity index is 0.00000364. The molecule has 6 nitrogen and oxygen atoms in total. The minimum absolute atomic E-state index is 0. The standard InChI is InChI=1S/C19H32N4O2S.HI/c1-20-19(21-11-16-26(24)18-7-4-3-5-8-18)22-17-9-13-23(14-10-17)12-6-15-25-2;/h3-5,7-8,17H,6,9-16H2,1-2H3,(H2,20,21,22);1H. The second-order valence-corrected chi connectivity index (χ2v) is 8.04. The van der Waals surface area contributed by atoms with Crippen LogP contribution in [-0.2, 0) is 15.5 Å². The Labute approximate surface area is 183 Å². The summed E-state index contributed by atoms with van der Waals surface area (Å²) in [5, 5.41) is 6.78. The van der Waals surface area contributed by atoms with Gasteiger partial charge in [-0.2, -0.15) is 0 Å². The van der Waals surface area contributed by atoms with Gasteiger partial charge >= 0.3 is 0 Å². The Hall–Kier alpha value is -0.710. The molecular weight excluding hydrogens is 475 g/mol. The number of hydrogen-bond acceptors (Lipinski definition) is 4. The molecule has 0 radical (unpaired) electrons. The van der Waals surface area contributed by atoms with Crippen LogP contribution >= 0.6 is 24.0 Å². The summed E-state index contributed by atoms with van der Waals surface area (Å²) in [5.41, 5.74) is 0. The van der Waals surface area contributed by atoms with E-state index in [0.29, 0.717) is 18.3 Å². The molecule has 1 aliphatic heterocycles. The van der Waals surface area contributed by atoms with Crippen molar-refractivity contribution in [3.63, 3.8) is 0 Å². The molecule has 1 fully saturated rings. The number of benzene rings is 1. The van der Waals surface area contributed by atoms with Gasteiger partial charge in [0.15, 0.2) is 5.96 Å². The summed E-state index contributed by atoms with van der Waals surface area (Å²) in [6.45, 7) is 4.79. The van der Waals surface area contributed by atoms with Crippen molar-refractivity contribution < 1.29 is 8.95 Å². The lowest BCUT2D eigenvalue weighted by atomic mass is 10.1.